The van der Waals surface area contributed by atoms with E-state index < -0.39 is 17.9 Å². The minimum atomic E-state index is -0.619. The van der Waals surface area contributed by atoms with Crippen molar-refractivity contribution < 1.29 is 28.9 Å². The van der Waals surface area contributed by atoms with Crippen LogP contribution >= 0.6 is 0 Å². The minimum Gasteiger partial charge on any atom is -0.463 e. The monoisotopic (exact) mass is 549 g/mol. The molecule has 0 bridgehead atoms. The third-order valence-corrected chi connectivity index (χ3v) is 6.70. The first-order valence-corrected chi connectivity index (χ1v) is 13.9. The third-order valence-electron chi connectivity index (χ3n) is 6.70. The number of nitrogens with one attached hydrogen (secondary N) is 2. The van der Waals surface area contributed by atoms with E-state index in [1.165, 1.54) is 0 Å². The number of carbonyl (C=O) groups is 2. The van der Waals surface area contributed by atoms with Crippen LogP contribution in [0.3, 0.4) is 0 Å². The lowest BCUT2D eigenvalue weighted by molar-refractivity contribution is -0.180. The number of rotatable bonds is 13. The number of aliphatic hydroxyl groups excluding tert-OH is 1. The van der Waals surface area contributed by atoms with Gasteiger partial charge in [0.1, 0.15) is 5.75 Å². The number of hydrogen-bond donors (Lipinski definition) is 3. The van der Waals surface area contributed by atoms with Crippen molar-refractivity contribution in [2.75, 3.05) is 37.7 Å². The average molecular weight is 550 g/mol. The predicted molar refractivity (Wildman–Crippen MR) is 152 cm³/mol. The zero-order valence-corrected chi connectivity index (χ0v) is 23.3. The molecule has 1 saturated heterocycles. The molecule has 3 amide bonds. The van der Waals surface area contributed by atoms with E-state index in [2.05, 4.69) is 22.5 Å². The number of aliphatic hydroxyl groups is 1. The van der Waals surface area contributed by atoms with Gasteiger partial charge in [-0.3, -0.25) is 4.79 Å². The molecule has 0 aromatic heterocycles. The Labute approximate surface area is 236 Å². The highest BCUT2D eigenvalue weighted by molar-refractivity contribution is 6.19. The van der Waals surface area contributed by atoms with E-state index in [9.17, 15) is 14.7 Å². The van der Waals surface area contributed by atoms with Crippen LogP contribution in [-0.2, 0) is 20.9 Å². The highest BCUT2D eigenvalue weighted by Gasteiger charge is 2.30. The van der Waals surface area contributed by atoms with E-state index in [1.807, 2.05) is 32.0 Å². The number of hydrogen-bond acceptors (Lipinski definition) is 7. The number of urea groups is 1. The first-order chi connectivity index (χ1) is 19.3. The lowest BCUT2D eigenvalue weighted by Gasteiger charge is -2.33. The summed E-state index contributed by atoms with van der Waals surface area (Å²) in [5, 5.41) is 16.4. The van der Waals surface area contributed by atoms with Crippen molar-refractivity contribution in [1.29, 1.82) is 0 Å². The number of carbonyl (C=O) groups excluding carboxylic acids is 2. The molecule has 0 spiro atoms. The number of ether oxygens (including phenoxy) is 3. The van der Waals surface area contributed by atoms with Crippen LogP contribution in [0, 0.1) is 11.8 Å². The van der Waals surface area contributed by atoms with Crippen LogP contribution in [0.2, 0.25) is 0 Å². The first-order valence-electron chi connectivity index (χ1n) is 13.9. The van der Waals surface area contributed by atoms with Crippen molar-refractivity contribution in [2.24, 2.45) is 0 Å². The molecule has 2 aliphatic rings. The smallest absolute Gasteiger partial charge is 0.329 e. The summed E-state index contributed by atoms with van der Waals surface area (Å²) >= 11 is 0. The van der Waals surface area contributed by atoms with Crippen molar-refractivity contribution >= 4 is 17.6 Å². The molecule has 2 heterocycles. The van der Waals surface area contributed by atoms with Crippen LogP contribution in [0.1, 0.15) is 68.7 Å². The lowest BCUT2D eigenvalue weighted by atomic mass is 10.0. The second-order valence-corrected chi connectivity index (χ2v) is 10.4. The van der Waals surface area contributed by atoms with Crippen molar-refractivity contribution in [1.82, 2.24) is 10.6 Å². The summed E-state index contributed by atoms with van der Waals surface area (Å²) in [5.41, 5.74) is 3.20. The molecule has 9 heteroatoms. The molecule has 2 aromatic carbocycles. The number of nitrogens with zero attached hydrogens (tertiary/aromatic N) is 1. The van der Waals surface area contributed by atoms with Gasteiger partial charge in [0.25, 0.3) is 5.91 Å². The van der Waals surface area contributed by atoms with Gasteiger partial charge >= 0.3 is 6.03 Å². The summed E-state index contributed by atoms with van der Waals surface area (Å²) < 4.78 is 17.2. The Morgan fingerprint density at radius 3 is 2.67 bits per heavy atom. The molecule has 0 aliphatic carbocycles. The molecule has 40 heavy (non-hydrogen) atoms. The van der Waals surface area contributed by atoms with Crippen LogP contribution in [0.5, 0.6) is 5.75 Å². The standard InChI is InChI=1S/C31H39N3O6/c1-31(2)39-22-25-19-24(12-15-28(25)40-31)27(35)20-32-16-6-3-4-7-17-38-18-8-5-9-23-10-13-26(14-11-23)34-29(36)21-33-30(34)37/h10-15,19,27,32,35H,3-4,6-8,16-18,20-22H2,1-2H3,(H,33,37)/t27-/m0/s1. The van der Waals surface area contributed by atoms with Gasteiger partial charge in [-0.2, -0.15) is 0 Å². The molecule has 1 fully saturated rings. The number of fused-ring (bicyclic) bond motifs is 1. The van der Waals surface area contributed by atoms with E-state index in [-0.39, 0.29) is 12.5 Å². The van der Waals surface area contributed by atoms with Gasteiger partial charge < -0.3 is 30.0 Å². The fourth-order valence-electron chi connectivity index (χ4n) is 4.50. The van der Waals surface area contributed by atoms with Crippen molar-refractivity contribution in [3.05, 3.63) is 59.2 Å². The number of imide groups is 1. The summed E-state index contributed by atoms with van der Waals surface area (Å²) in [5.74, 6) is 6.11. The Morgan fingerprint density at radius 1 is 1.10 bits per heavy atom. The summed E-state index contributed by atoms with van der Waals surface area (Å²) in [6, 6.07) is 12.4. The maximum absolute atomic E-state index is 11.8. The number of benzene rings is 2. The molecule has 0 unspecified atom stereocenters. The van der Waals surface area contributed by atoms with Gasteiger partial charge in [0.05, 0.1) is 31.5 Å². The molecular weight excluding hydrogens is 510 g/mol. The normalized spacial score (nSPS) is 16.5. The molecule has 2 aromatic rings. The fraction of sp³-hybridized carbons (Fsp3) is 0.484. The molecule has 4 rings (SSSR count). The van der Waals surface area contributed by atoms with Crippen LogP contribution < -0.4 is 20.3 Å². The molecule has 9 nitrogen and oxygen atoms in total. The maximum atomic E-state index is 11.8. The summed E-state index contributed by atoms with van der Waals surface area (Å²) in [4.78, 5) is 24.6. The molecule has 2 aliphatic heterocycles. The SMILES string of the molecule is CC1(C)OCc2cc([C@@H](O)CNCCCCCCOCCC#Cc3ccc(N4C(=O)CNC4=O)cc3)ccc2O1. The third kappa shape index (κ3) is 8.54. The second kappa shape index (κ2) is 14.3. The van der Waals surface area contributed by atoms with Crippen molar-refractivity contribution in [3.8, 4) is 17.6 Å². The second-order valence-electron chi connectivity index (χ2n) is 10.4. The highest BCUT2D eigenvalue weighted by Crippen LogP contribution is 2.32. The van der Waals surface area contributed by atoms with Crippen LogP contribution in [-0.4, -0.2) is 55.7 Å². The Morgan fingerprint density at radius 2 is 1.90 bits per heavy atom. The number of amides is 3. The number of anilines is 1. The van der Waals surface area contributed by atoms with Gasteiger partial charge in [-0.25, -0.2) is 9.69 Å². The summed E-state index contributed by atoms with van der Waals surface area (Å²) in [6.45, 7) is 6.98. The molecule has 1 atom stereocenters. The van der Waals surface area contributed by atoms with Gasteiger partial charge in [0, 0.05) is 44.5 Å². The molecule has 3 N–H and O–H groups in total. The molecule has 0 saturated carbocycles. The molecular formula is C31H39N3O6. The Kier molecular flexibility index (Phi) is 10.6. The van der Waals surface area contributed by atoms with Gasteiger partial charge in [-0.1, -0.05) is 30.7 Å². The quantitative estimate of drug-likeness (QED) is 0.197. The molecule has 214 valence electrons. The van der Waals surface area contributed by atoms with Gasteiger partial charge in [-0.15, -0.1) is 0 Å². The first kappa shape index (κ1) is 29.6. The van der Waals surface area contributed by atoms with Gasteiger partial charge in [-0.05, 0) is 61.3 Å². The van der Waals surface area contributed by atoms with E-state index in [0.717, 1.165) is 66.2 Å². The average Bonchev–Trinajstić information content (AvgIpc) is 3.28. The lowest BCUT2D eigenvalue weighted by Crippen LogP contribution is -2.35. The highest BCUT2D eigenvalue weighted by atomic mass is 16.7. The Bertz CT molecular complexity index is 1200. The topological polar surface area (TPSA) is 109 Å². The number of unbranched alkanes of at least 4 members (excludes halogenated alkanes) is 3. The predicted octanol–water partition coefficient (Wildman–Crippen LogP) is 4.03. The minimum absolute atomic E-state index is 0.0337. The van der Waals surface area contributed by atoms with Crippen molar-refractivity contribution in [3.63, 3.8) is 0 Å². The zero-order chi connectivity index (χ0) is 28.4. The van der Waals surface area contributed by atoms with Gasteiger partial charge in [0.2, 0.25) is 5.79 Å². The van der Waals surface area contributed by atoms with Crippen molar-refractivity contribution in [2.45, 2.75) is 64.4 Å². The van der Waals surface area contributed by atoms with E-state index in [4.69, 9.17) is 14.2 Å². The van der Waals surface area contributed by atoms with E-state index in [1.54, 1.807) is 24.3 Å². The van der Waals surface area contributed by atoms with Crippen LogP contribution in [0.25, 0.3) is 0 Å². The Balaban J connectivity index is 0.998. The molecule has 0 radical (unpaired) electrons. The van der Waals surface area contributed by atoms with Gasteiger partial charge in [0.15, 0.2) is 0 Å². The Hall–Kier alpha value is -3.42. The largest absolute Gasteiger partial charge is 0.463 e. The van der Waals surface area contributed by atoms with Crippen LogP contribution in [0.15, 0.2) is 42.5 Å². The van der Waals surface area contributed by atoms with Crippen LogP contribution in [0.4, 0.5) is 10.5 Å². The summed E-state index contributed by atoms with van der Waals surface area (Å²) in [7, 11) is 0. The fourth-order valence-corrected chi connectivity index (χ4v) is 4.50. The van der Waals surface area contributed by atoms with E-state index >= 15 is 0 Å². The summed E-state index contributed by atoms with van der Waals surface area (Å²) in [6.07, 6.45) is 4.34. The zero-order valence-electron chi connectivity index (χ0n) is 23.3. The maximum Gasteiger partial charge on any atom is 0.329 e. The van der Waals surface area contributed by atoms with E-state index in [0.29, 0.717) is 31.9 Å².